The van der Waals surface area contributed by atoms with Gasteiger partial charge in [-0.15, -0.1) is 6.42 Å². The first-order valence-electron chi connectivity index (χ1n) is 11.0. The normalized spacial score (nSPS) is 11.9. The molecule has 0 amide bonds. The Bertz CT molecular complexity index is 1340. The van der Waals surface area contributed by atoms with Gasteiger partial charge >= 0.3 is 5.97 Å². The highest BCUT2D eigenvalue weighted by atomic mass is 32.2. The van der Waals surface area contributed by atoms with E-state index in [1.54, 1.807) is 6.07 Å². The van der Waals surface area contributed by atoms with Gasteiger partial charge in [0, 0.05) is 22.5 Å². The number of carboxylic acids is 1. The number of hydrogen-bond acceptors (Lipinski definition) is 4. The first kappa shape index (κ1) is 25.1. The van der Waals surface area contributed by atoms with Crippen LogP contribution in [0.3, 0.4) is 0 Å². The molecule has 0 bridgehead atoms. The zero-order valence-corrected chi connectivity index (χ0v) is 21.0. The van der Waals surface area contributed by atoms with Crippen LogP contribution in [0.1, 0.15) is 35.6 Å². The van der Waals surface area contributed by atoms with E-state index in [-0.39, 0.29) is 19.0 Å². The van der Waals surface area contributed by atoms with E-state index in [1.807, 2.05) is 69.9 Å². The minimum atomic E-state index is -2.99. The topological polar surface area (TPSA) is 77.9 Å². The van der Waals surface area contributed by atoms with E-state index in [9.17, 15) is 18.3 Å². The Hall–Kier alpha value is -3.50. The monoisotopic (exact) mass is 478 g/mol. The predicted molar refractivity (Wildman–Crippen MR) is 140 cm³/mol. The summed E-state index contributed by atoms with van der Waals surface area (Å²) in [7, 11) is -2.99. The highest BCUT2D eigenvalue weighted by Crippen LogP contribution is 2.41. The zero-order valence-electron chi connectivity index (χ0n) is 20.1. The molecule has 6 nitrogen and oxygen atoms in total. The van der Waals surface area contributed by atoms with Gasteiger partial charge in [0.15, 0.2) is 0 Å². The van der Waals surface area contributed by atoms with Gasteiger partial charge in [-0.3, -0.25) is 4.79 Å². The number of benzene rings is 3. The number of nitrogens with zero attached hydrogens (tertiary/aromatic N) is 2. The second kappa shape index (κ2) is 10.2. The lowest BCUT2D eigenvalue weighted by Crippen LogP contribution is -2.35. The van der Waals surface area contributed by atoms with E-state index in [0.717, 1.165) is 38.7 Å². The Morgan fingerprint density at radius 3 is 2.03 bits per heavy atom. The molecule has 0 radical (unpaired) electrons. The second-order valence-electron chi connectivity index (χ2n) is 8.59. The molecule has 3 aromatic rings. The molecule has 1 atom stereocenters. The van der Waals surface area contributed by atoms with Crippen LogP contribution in [0.5, 0.6) is 0 Å². The number of carbonyl (C=O) groups is 1. The van der Waals surface area contributed by atoms with Gasteiger partial charge < -0.3 is 10.0 Å². The number of fused-ring (bicyclic) bond motifs is 1. The third-order valence-electron chi connectivity index (χ3n) is 6.38. The van der Waals surface area contributed by atoms with Crippen LogP contribution >= 0.6 is 0 Å². The van der Waals surface area contributed by atoms with Crippen molar-refractivity contribution in [1.82, 2.24) is 0 Å². The van der Waals surface area contributed by atoms with Gasteiger partial charge in [-0.2, -0.15) is 0 Å². The largest absolute Gasteiger partial charge is 0.481 e. The molecule has 0 aromatic heterocycles. The van der Waals surface area contributed by atoms with Crippen LogP contribution in [0.4, 0.5) is 17.1 Å². The number of rotatable bonds is 8. The van der Waals surface area contributed by atoms with E-state index < -0.39 is 16.9 Å². The number of hydrogen-bond donors (Lipinski definition) is 2. The zero-order chi connectivity index (χ0) is 25.2. The van der Waals surface area contributed by atoms with E-state index in [1.165, 1.54) is 4.31 Å². The third kappa shape index (κ3) is 4.73. The van der Waals surface area contributed by atoms with Crippen molar-refractivity contribution < 1.29 is 18.3 Å². The summed E-state index contributed by atoms with van der Waals surface area (Å²) in [6, 6.07) is 12.8. The van der Waals surface area contributed by atoms with Gasteiger partial charge in [0.2, 0.25) is 10.9 Å². The molecule has 7 heteroatoms. The van der Waals surface area contributed by atoms with Crippen molar-refractivity contribution in [3.05, 3.63) is 64.7 Å². The molecule has 3 rings (SSSR count). The fourth-order valence-corrected chi connectivity index (χ4v) is 5.26. The third-order valence-corrected chi connectivity index (χ3v) is 7.12. The minimum absolute atomic E-state index is 0.0722. The molecular formula is C27H30N2O4S. The molecule has 0 aliphatic rings. The van der Waals surface area contributed by atoms with Crippen molar-refractivity contribution in [1.29, 1.82) is 0 Å². The van der Waals surface area contributed by atoms with Crippen LogP contribution in [0.15, 0.2) is 42.5 Å². The molecule has 0 heterocycles. The molecule has 0 unspecified atom stereocenters. The summed E-state index contributed by atoms with van der Waals surface area (Å²) in [6.45, 7) is 9.86. The summed E-state index contributed by atoms with van der Waals surface area (Å²) in [6.07, 6.45) is 5.54. The van der Waals surface area contributed by atoms with Crippen LogP contribution in [0.2, 0.25) is 0 Å². The van der Waals surface area contributed by atoms with Crippen molar-refractivity contribution in [3.63, 3.8) is 0 Å². The average Bonchev–Trinajstić information content (AvgIpc) is 2.78. The van der Waals surface area contributed by atoms with E-state index in [2.05, 4.69) is 12.0 Å². The van der Waals surface area contributed by atoms with Crippen molar-refractivity contribution in [3.8, 4) is 12.3 Å². The Kier molecular flexibility index (Phi) is 7.53. The van der Waals surface area contributed by atoms with Crippen LogP contribution in [0.25, 0.3) is 10.8 Å². The molecular weight excluding hydrogens is 448 g/mol. The van der Waals surface area contributed by atoms with Crippen molar-refractivity contribution >= 4 is 44.7 Å². The van der Waals surface area contributed by atoms with Gasteiger partial charge in [0.25, 0.3) is 0 Å². The predicted octanol–water partition coefficient (Wildman–Crippen LogP) is 5.04. The smallest absolute Gasteiger partial charge is 0.305 e. The maximum Gasteiger partial charge on any atom is 0.305 e. The lowest BCUT2D eigenvalue weighted by molar-refractivity contribution is -0.137. The number of aryl methyl sites for hydroxylation is 2. The highest BCUT2D eigenvalue weighted by molar-refractivity contribution is 7.74. The summed E-state index contributed by atoms with van der Waals surface area (Å²) in [4.78, 5) is 13.2. The van der Waals surface area contributed by atoms with Gasteiger partial charge in [-0.05, 0) is 69.0 Å². The average molecular weight is 479 g/mol. The molecule has 0 saturated heterocycles. The van der Waals surface area contributed by atoms with Gasteiger partial charge in [-0.25, -0.2) is 12.7 Å². The summed E-state index contributed by atoms with van der Waals surface area (Å²) in [5.74, 6) is 1.71. The first-order chi connectivity index (χ1) is 16.1. The standard InChI is InChI=1S/C27H30N2O4S/c1-7-14-28(19(4)16-26(30)31)24-12-13-25(23-11-9-8-10-22(23)24)29(34(32)33)27-20(5)17(2)15-18(3)21(27)6/h1,8-13,15,19,34H,14,16H2,2-6H3,(H,30,31)/t19-/m0/s1. The second-order valence-corrected chi connectivity index (χ2v) is 9.46. The van der Waals surface area contributed by atoms with Crippen molar-refractivity contribution in [2.24, 2.45) is 0 Å². The molecule has 0 fully saturated rings. The van der Waals surface area contributed by atoms with Crippen LogP contribution < -0.4 is 9.21 Å². The molecule has 178 valence electrons. The first-order valence-corrected chi connectivity index (χ1v) is 12.2. The van der Waals surface area contributed by atoms with E-state index in [0.29, 0.717) is 11.4 Å². The molecule has 0 spiro atoms. The molecule has 1 N–H and O–H groups in total. The van der Waals surface area contributed by atoms with Gasteiger partial charge in [0.05, 0.1) is 24.3 Å². The summed E-state index contributed by atoms with van der Waals surface area (Å²) >= 11 is 0. The summed E-state index contributed by atoms with van der Waals surface area (Å²) in [5.41, 5.74) is 5.80. The molecule has 0 aliphatic carbocycles. The van der Waals surface area contributed by atoms with Gasteiger partial charge in [0.1, 0.15) is 0 Å². The van der Waals surface area contributed by atoms with Crippen molar-refractivity contribution in [2.75, 3.05) is 15.7 Å². The Labute approximate surface area is 202 Å². The SMILES string of the molecule is C#CCN(c1ccc(N(c2c(C)c(C)cc(C)c2C)[SH](=O)=O)c2ccccc12)[C@@H](C)CC(=O)O. The number of terminal acetylenes is 1. The quantitative estimate of drug-likeness (QED) is 0.350. The summed E-state index contributed by atoms with van der Waals surface area (Å²) in [5, 5.41) is 10.8. The Morgan fingerprint density at radius 2 is 1.53 bits per heavy atom. The van der Waals surface area contributed by atoms with Gasteiger partial charge in [-0.1, -0.05) is 36.3 Å². The fourth-order valence-electron chi connectivity index (χ4n) is 4.45. The van der Waals surface area contributed by atoms with Crippen LogP contribution in [0, 0.1) is 40.0 Å². The minimum Gasteiger partial charge on any atom is -0.481 e. The number of aliphatic carboxylic acids is 1. The maximum atomic E-state index is 12.7. The molecule has 34 heavy (non-hydrogen) atoms. The highest BCUT2D eigenvalue weighted by Gasteiger charge is 2.24. The Balaban J connectivity index is 2.31. The molecule has 3 aromatic carbocycles. The number of anilines is 3. The lowest BCUT2D eigenvalue weighted by atomic mass is 9.97. The van der Waals surface area contributed by atoms with Crippen LogP contribution in [-0.4, -0.2) is 32.1 Å². The lowest BCUT2D eigenvalue weighted by Gasteiger charge is -2.31. The summed E-state index contributed by atoms with van der Waals surface area (Å²) < 4.78 is 26.8. The molecule has 0 saturated carbocycles. The number of thiol groups is 1. The molecule has 0 aliphatic heterocycles. The van der Waals surface area contributed by atoms with E-state index in [4.69, 9.17) is 6.42 Å². The van der Waals surface area contributed by atoms with Crippen LogP contribution in [-0.2, 0) is 15.7 Å². The number of carboxylic acid groups (broad SMARTS) is 1. The maximum absolute atomic E-state index is 12.7. The van der Waals surface area contributed by atoms with E-state index >= 15 is 0 Å². The fraction of sp³-hybridized carbons (Fsp3) is 0.296. The van der Waals surface area contributed by atoms with Crippen molar-refractivity contribution in [2.45, 2.75) is 47.1 Å². The Morgan fingerprint density at radius 1 is 1.00 bits per heavy atom.